The number of nitrogens with zero attached hydrogens (tertiary/aromatic N) is 1. The van der Waals surface area contributed by atoms with Gasteiger partial charge < -0.3 is 15.5 Å². The molecule has 1 aliphatic rings. The molecule has 22 heavy (non-hydrogen) atoms. The van der Waals surface area contributed by atoms with Gasteiger partial charge in [-0.15, -0.1) is 0 Å². The minimum atomic E-state index is -0.0766. The van der Waals surface area contributed by atoms with Crippen molar-refractivity contribution in [3.05, 3.63) is 35.4 Å². The van der Waals surface area contributed by atoms with Gasteiger partial charge in [-0.05, 0) is 45.2 Å². The van der Waals surface area contributed by atoms with E-state index in [-0.39, 0.29) is 6.03 Å². The largest absolute Gasteiger partial charge is 0.338 e. The Bertz CT molecular complexity index is 458. The Morgan fingerprint density at radius 1 is 1.23 bits per heavy atom. The van der Waals surface area contributed by atoms with Gasteiger partial charge in [-0.2, -0.15) is 0 Å². The third kappa shape index (κ3) is 5.68. The van der Waals surface area contributed by atoms with Crippen LogP contribution in [-0.4, -0.2) is 36.6 Å². The van der Waals surface area contributed by atoms with E-state index in [0.717, 1.165) is 25.1 Å². The molecule has 2 amide bonds. The predicted octanol–water partition coefficient (Wildman–Crippen LogP) is 3.06. The Kier molecular flexibility index (Phi) is 6.72. The van der Waals surface area contributed by atoms with Crippen molar-refractivity contribution in [3.8, 4) is 0 Å². The lowest BCUT2D eigenvalue weighted by molar-refractivity contribution is 0.159. The summed E-state index contributed by atoms with van der Waals surface area (Å²) in [6.07, 6.45) is 5.00. The van der Waals surface area contributed by atoms with Crippen LogP contribution >= 0.6 is 0 Å². The lowest BCUT2D eigenvalue weighted by Crippen LogP contribution is -2.40. The van der Waals surface area contributed by atoms with Gasteiger partial charge in [0.15, 0.2) is 0 Å². The monoisotopic (exact) mass is 303 g/mol. The van der Waals surface area contributed by atoms with E-state index in [1.807, 2.05) is 12.1 Å². The van der Waals surface area contributed by atoms with Gasteiger partial charge in [0.2, 0.25) is 0 Å². The van der Waals surface area contributed by atoms with Crippen LogP contribution in [0.2, 0.25) is 0 Å². The molecule has 0 aromatic heterocycles. The molecule has 1 unspecified atom stereocenters. The van der Waals surface area contributed by atoms with Crippen LogP contribution < -0.4 is 10.6 Å². The molecule has 1 fully saturated rings. The molecule has 122 valence electrons. The average Bonchev–Trinajstić information content (AvgIpc) is 2.52. The fourth-order valence-electron chi connectivity index (χ4n) is 2.92. The Hall–Kier alpha value is -1.55. The van der Waals surface area contributed by atoms with E-state index in [9.17, 15) is 4.79 Å². The molecule has 0 aliphatic carbocycles. The number of carbonyl (C=O) groups excluding carboxylic acids is 1. The fraction of sp³-hybridized carbons (Fsp3) is 0.611. The molecule has 1 heterocycles. The average molecular weight is 303 g/mol. The molecule has 2 N–H and O–H groups in total. The Morgan fingerprint density at radius 2 is 2.00 bits per heavy atom. The molecule has 0 bridgehead atoms. The van der Waals surface area contributed by atoms with Crippen LogP contribution in [0, 0.1) is 6.92 Å². The van der Waals surface area contributed by atoms with Crippen molar-refractivity contribution in [2.24, 2.45) is 0 Å². The number of hydrogen-bond acceptors (Lipinski definition) is 2. The lowest BCUT2D eigenvalue weighted by Gasteiger charge is -2.33. The van der Waals surface area contributed by atoms with Crippen molar-refractivity contribution in [1.82, 2.24) is 15.5 Å². The maximum atomic E-state index is 11.8. The summed E-state index contributed by atoms with van der Waals surface area (Å²) in [7, 11) is 0. The van der Waals surface area contributed by atoms with Crippen LogP contribution in [0.3, 0.4) is 0 Å². The zero-order chi connectivity index (χ0) is 15.8. The summed E-state index contributed by atoms with van der Waals surface area (Å²) < 4.78 is 0. The molecule has 1 atom stereocenters. The predicted molar refractivity (Wildman–Crippen MR) is 90.9 cm³/mol. The molecule has 1 aromatic rings. The van der Waals surface area contributed by atoms with Crippen LogP contribution in [0.5, 0.6) is 0 Å². The summed E-state index contributed by atoms with van der Waals surface area (Å²) in [4.78, 5) is 14.3. The summed E-state index contributed by atoms with van der Waals surface area (Å²) in [5.41, 5.74) is 2.36. The normalized spacial score (nSPS) is 18.9. The first-order chi connectivity index (χ1) is 10.6. The number of aryl methyl sites for hydroxylation is 1. The number of nitrogens with one attached hydrogen (secondary N) is 2. The molecular formula is C18H29N3O. The van der Waals surface area contributed by atoms with E-state index in [1.54, 1.807) is 0 Å². The molecule has 4 nitrogen and oxygen atoms in total. The molecule has 0 saturated carbocycles. The molecule has 1 aromatic carbocycles. The van der Waals surface area contributed by atoms with Gasteiger partial charge in [0.05, 0.1) is 0 Å². The number of piperidine rings is 1. The SMILES string of the molecule is Cc1ccc(CNC(=O)NCCCN2CCCCC2C)cc1. The maximum Gasteiger partial charge on any atom is 0.315 e. The quantitative estimate of drug-likeness (QED) is 0.793. The summed E-state index contributed by atoms with van der Waals surface area (Å²) in [5.74, 6) is 0. The topological polar surface area (TPSA) is 44.4 Å². The zero-order valence-electron chi connectivity index (χ0n) is 13.9. The van der Waals surface area contributed by atoms with Crippen LogP contribution in [-0.2, 0) is 6.54 Å². The highest BCUT2D eigenvalue weighted by Gasteiger charge is 2.17. The van der Waals surface area contributed by atoms with E-state index in [4.69, 9.17) is 0 Å². The second-order valence-electron chi connectivity index (χ2n) is 6.33. The summed E-state index contributed by atoms with van der Waals surface area (Å²) in [6.45, 7) is 7.98. The summed E-state index contributed by atoms with van der Waals surface area (Å²) >= 11 is 0. The minimum absolute atomic E-state index is 0.0766. The molecule has 1 aliphatic heterocycles. The van der Waals surface area contributed by atoms with Crippen molar-refractivity contribution in [1.29, 1.82) is 0 Å². The lowest BCUT2D eigenvalue weighted by atomic mass is 10.0. The van der Waals surface area contributed by atoms with Crippen molar-refractivity contribution in [2.45, 2.75) is 52.1 Å². The number of likely N-dealkylation sites (tertiary alicyclic amines) is 1. The second kappa shape index (κ2) is 8.79. The molecule has 0 radical (unpaired) electrons. The van der Waals surface area contributed by atoms with Gasteiger partial charge in [0, 0.05) is 25.7 Å². The third-order valence-corrected chi connectivity index (χ3v) is 4.42. The molecule has 0 spiro atoms. The van der Waals surface area contributed by atoms with Crippen LogP contribution in [0.15, 0.2) is 24.3 Å². The minimum Gasteiger partial charge on any atom is -0.338 e. The Labute approximate surface area is 134 Å². The van der Waals surface area contributed by atoms with Crippen molar-refractivity contribution < 1.29 is 4.79 Å². The number of urea groups is 1. The van der Waals surface area contributed by atoms with E-state index < -0.39 is 0 Å². The first-order valence-corrected chi connectivity index (χ1v) is 8.46. The van der Waals surface area contributed by atoms with Crippen molar-refractivity contribution >= 4 is 6.03 Å². The van der Waals surface area contributed by atoms with E-state index in [0.29, 0.717) is 12.6 Å². The third-order valence-electron chi connectivity index (χ3n) is 4.42. The number of benzene rings is 1. The highest BCUT2D eigenvalue weighted by molar-refractivity contribution is 5.73. The number of amides is 2. The van der Waals surface area contributed by atoms with Crippen molar-refractivity contribution in [2.75, 3.05) is 19.6 Å². The molecule has 4 heteroatoms. The maximum absolute atomic E-state index is 11.8. The highest BCUT2D eigenvalue weighted by atomic mass is 16.2. The van der Waals surface area contributed by atoms with Gasteiger partial charge in [-0.1, -0.05) is 36.2 Å². The molecular weight excluding hydrogens is 274 g/mol. The summed E-state index contributed by atoms with van der Waals surface area (Å²) in [5, 5.41) is 5.84. The number of rotatable bonds is 6. The Morgan fingerprint density at radius 3 is 2.73 bits per heavy atom. The smallest absolute Gasteiger partial charge is 0.315 e. The Balaban J connectivity index is 1.56. The van der Waals surface area contributed by atoms with Crippen LogP contribution in [0.4, 0.5) is 4.79 Å². The summed E-state index contributed by atoms with van der Waals surface area (Å²) in [6, 6.07) is 8.85. The fourth-order valence-corrected chi connectivity index (χ4v) is 2.92. The zero-order valence-corrected chi connectivity index (χ0v) is 13.9. The van der Waals surface area contributed by atoms with Crippen LogP contribution in [0.1, 0.15) is 43.7 Å². The first kappa shape index (κ1) is 16.8. The van der Waals surface area contributed by atoms with E-state index in [2.05, 4.69) is 41.5 Å². The van der Waals surface area contributed by atoms with E-state index in [1.165, 1.54) is 31.4 Å². The van der Waals surface area contributed by atoms with Gasteiger partial charge in [-0.25, -0.2) is 4.79 Å². The van der Waals surface area contributed by atoms with Crippen molar-refractivity contribution in [3.63, 3.8) is 0 Å². The number of carbonyl (C=O) groups is 1. The van der Waals surface area contributed by atoms with Crippen LogP contribution in [0.25, 0.3) is 0 Å². The van der Waals surface area contributed by atoms with Gasteiger partial charge >= 0.3 is 6.03 Å². The van der Waals surface area contributed by atoms with Gasteiger partial charge in [0.25, 0.3) is 0 Å². The van der Waals surface area contributed by atoms with E-state index >= 15 is 0 Å². The standard InChI is InChI=1S/C18H29N3O/c1-15-7-9-17(10-8-15)14-20-18(22)19-11-5-13-21-12-4-3-6-16(21)2/h7-10,16H,3-6,11-14H2,1-2H3,(H2,19,20,22). The van der Waals surface area contributed by atoms with Gasteiger partial charge in [-0.3, -0.25) is 0 Å². The molecule has 2 rings (SSSR count). The second-order valence-corrected chi connectivity index (χ2v) is 6.33. The number of hydrogen-bond donors (Lipinski definition) is 2. The molecule has 1 saturated heterocycles. The van der Waals surface area contributed by atoms with Gasteiger partial charge in [0.1, 0.15) is 0 Å². The highest BCUT2D eigenvalue weighted by Crippen LogP contribution is 2.15. The first-order valence-electron chi connectivity index (χ1n) is 8.46.